The van der Waals surface area contributed by atoms with Gasteiger partial charge in [0.05, 0.1) is 43.3 Å². The van der Waals surface area contributed by atoms with Gasteiger partial charge < -0.3 is 9.47 Å². The Bertz CT molecular complexity index is 1100. The van der Waals surface area contributed by atoms with Crippen LogP contribution in [-0.4, -0.2) is 44.6 Å². The Labute approximate surface area is 164 Å². The van der Waals surface area contributed by atoms with Gasteiger partial charge in [0.15, 0.2) is 5.16 Å². The van der Waals surface area contributed by atoms with Crippen LogP contribution in [0.15, 0.2) is 46.5 Å². The molecule has 1 aromatic carbocycles. The minimum atomic E-state index is -0.815. The van der Waals surface area contributed by atoms with Crippen LogP contribution < -0.4 is 5.56 Å². The normalized spacial score (nSPS) is 17.4. The summed E-state index contributed by atoms with van der Waals surface area (Å²) in [6.45, 7) is 1.70. The van der Waals surface area contributed by atoms with Crippen LogP contribution in [-0.2, 0) is 22.6 Å². The predicted octanol–water partition coefficient (Wildman–Crippen LogP) is 2.39. The van der Waals surface area contributed by atoms with Gasteiger partial charge in [0.1, 0.15) is 5.82 Å². The van der Waals surface area contributed by atoms with Crippen LogP contribution in [0.25, 0.3) is 22.5 Å². The third-order valence-corrected chi connectivity index (χ3v) is 5.58. The molecule has 0 atom stereocenters. The summed E-state index contributed by atoms with van der Waals surface area (Å²) in [5.41, 5.74) is 2.23. The molecule has 0 saturated carbocycles. The fraction of sp³-hybridized carbons (Fsp3) is 0.316. The van der Waals surface area contributed by atoms with Gasteiger partial charge >= 0.3 is 0 Å². The molecule has 4 heterocycles. The standard InChI is InChI=1S/C19H17FN4O3S/c1-28-18-21-7-6-14(22-18)16-15(12-2-4-13(20)5-3-12)17(25)24-11-19(10-23(16)24)26-8-9-27-19/h2-7H,8-11H2,1H3. The van der Waals surface area contributed by atoms with E-state index in [-0.39, 0.29) is 11.4 Å². The van der Waals surface area contributed by atoms with Crippen molar-refractivity contribution in [3.63, 3.8) is 0 Å². The Kier molecular flexibility index (Phi) is 4.11. The summed E-state index contributed by atoms with van der Waals surface area (Å²) >= 11 is 1.42. The Morgan fingerprint density at radius 3 is 2.54 bits per heavy atom. The van der Waals surface area contributed by atoms with Gasteiger partial charge in [-0.1, -0.05) is 23.9 Å². The largest absolute Gasteiger partial charge is 0.344 e. The van der Waals surface area contributed by atoms with Crippen molar-refractivity contribution in [3.8, 4) is 22.5 Å². The quantitative estimate of drug-likeness (QED) is 0.497. The van der Waals surface area contributed by atoms with Crippen LogP contribution in [0.2, 0.25) is 0 Å². The first-order valence-electron chi connectivity index (χ1n) is 8.85. The Morgan fingerprint density at radius 1 is 1.11 bits per heavy atom. The number of benzene rings is 1. The summed E-state index contributed by atoms with van der Waals surface area (Å²) in [6.07, 6.45) is 3.57. The van der Waals surface area contributed by atoms with Crippen molar-refractivity contribution in [2.45, 2.75) is 24.0 Å². The molecule has 0 aliphatic carbocycles. The van der Waals surface area contributed by atoms with Crippen molar-refractivity contribution in [2.24, 2.45) is 0 Å². The first-order valence-corrected chi connectivity index (χ1v) is 10.1. The molecule has 0 unspecified atom stereocenters. The van der Waals surface area contributed by atoms with E-state index in [2.05, 4.69) is 9.97 Å². The molecule has 0 bridgehead atoms. The number of nitrogens with zero attached hydrogens (tertiary/aromatic N) is 4. The molecule has 2 aliphatic heterocycles. The molecule has 9 heteroatoms. The molecular formula is C19H17FN4O3S. The van der Waals surface area contributed by atoms with Crippen LogP contribution in [0.1, 0.15) is 0 Å². The number of aromatic nitrogens is 4. The zero-order valence-corrected chi connectivity index (χ0v) is 15.9. The minimum absolute atomic E-state index is 0.179. The van der Waals surface area contributed by atoms with Gasteiger partial charge in [-0.15, -0.1) is 0 Å². The fourth-order valence-corrected chi connectivity index (χ4v) is 4.16. The average Bonchev–Trinajstić information content (AvgIpc) is 3.39. The lowest BCUT2D eigenvalue weighted by molar-refractivity contribution is -0.158. The smallest absolute Gasteiger partial charge is 0.275 e. The molecule has 5 rings (SSSR count). The second-order valence-electron chi connectivity index (χ2n) is 6.69. The highest BCUT2D eigenvalue weighted by molar-refractivity contribution is 7.98. The maximum absolute atomic E-state index is 13.4. The molecule has 3 aromatic rings. The third kappa shape index (κ3) is 2.69. The first kappa shape index (κ1) is 17.6. The summed E-state index contributed by atoms with van der Waals surface area (Å²) in [5, 5.41) is 0.608. The van der Waals surface area contributed by atoms with E-state index in [0.29, 0.717) is 54.0 Å². The SMILES string of the molecule is CSc1nccc(-c2c(-c3ccc(F)cc3)c(=O)n3n2CC2(C3)OCCO2)n1. The zero-order valence-electron chi connectivity index (χ0n) is 15.1. The van der Waals surface area contributed by atoms with Crippen molar-refractivity contribution in [2.75, 3.05) is 19.5 Å². The molecular weight excluding hydrogens is 383 g/mol. The molecule has 1 spiro atoms. The number of halogens is 1. The van der Waals surface area contributed by atoms with Crippen LogP contribution in [0.4, 0.5) is 4.39 Å². The maximum Gasteiger partial charge on any atom is 0.275 e. The monoisotopic (exact) mass is 400 g/mol. The summed E-state index contributed by atoms with van der Waals surface area (Å²) in [6, 6.07) is 7.70. The minimum Gasteiger partial charge on any atom is -0.344 e. The number of hydrogen-bond acceptors (Lipinski definition) is 6. The number of ether oxygens (including phenoxy) is 2. The van der Waals surface area contributed by atoms with Gasteiger partial charge in [0.25, 0.3) is 5.56 Å². The van der Waals surface area contributed by atoms with E-state index in [1.807, 2.05) is 10.9 Å². The lowest BCUT2D eigenvalue weighted by atomic mass is 10.0. The van der Waals surface area contributed by atoms with Gasteiger partial charge in [-0.2, -0.15) is 0 Å². The first-order chi connectivity index (χ1) is 13.6. The van der Waals surface area contributed by atoms with Crippen LogP contribution in [0, 0.1) is 5.82 Å². The number of thioether (sulfide) groups is 1. The Balaban J connectivity index is 1.74. The van der Waals surface area contributed by atoms with Gasteiger partial charge in [-0.05, 0) is 30.0 Å². The maximum atomic E-state index is 13.4. The van der Waals surface area contributed by atoms with Crippen LogP contribution in [0.3, 0.4) is 0 Å². The van der Waals surface area contributed by atoms with Gasteiger partial charge in [0, 0.05) is 6.20 Å². The molecule has 0 N–H and O–H groups in total. The van der Waals surface area contributed by atoms with E-state index in [4.69, 9.17) is 9.47 Å². The lowest BCUT2D eigenvalue weighted by Crippen LogP contribution is -2.34. The Morgan fingerprint density at radius 2 is 1.82 bits per heavy atom. The van der Waals surface area contributed by atoms with Gasteiger partial charge in [0.2, 0.25) is 5.79 Å². The number of hydrogen-bond donors (Lipinski definition) is 0. The third-order valence-electron chi connectivity index (χ3n) is 5.02. The summed E-state index contributed by atoms with van der Waals surface area (Å²) < 4.78 is 28.5. The van der Waals surface area contributed by atoms with Crippen molar-refractivity contribution < 1.29 is 13.9 Å². The van der Waals surface area contributed by atoms with E-state index < -0.39 is 5.79 Å². The number of fused-ring (bicyclic) bond motifs is 1. The molecule has 2 aliphatic rings. The molecule has 1 fully saturated rings. The highest BCUT2D eigenvalue weighted by Crippen LogP contribution is 2.36. The van der Waals surface area contributed by atoms with Crippen molar-refractivity contribution in [3.05, 3.63) is 52.7 Å². The van der Waals surface area contributed by atoms with Crippen LogP contribution in [0.5, 0.6) is 0 Å². The molecule has 144 valence electrons. The number of rotatable bonds is 3. The molecule has 1 saturated heterocycles. The molecule has 0 amide bonds. The highest BCUT2D eigenvalue weighted by atomic mass is 32.2. The second kappa shape index (κ2) is 6.54. The van der Waals surface area contributed by atoms with E-state index >= 15 is 0 Å². The highest BCUT2D eigenvalue weighted by Gasteiger charge is 2.46. The van der Waals surface area contributed by atoms with Crippen LogP contribution >= 0.6 is 11.8 Å². The molecule has 2 aromatic heterocycles. The molecule has 28 heavy (non-hydrogen) atoms. The Hall–Kier alpha value is -2.49. The van der Waals surface area contributed by atoms with Crippen molar-refractivity contribution in [1.82, 2.24) is 19.3 Å². The molecule has 7 nitrogen and oxygen atoms in total. The van der Waals surface area contributed by atoms with Crippen molar-refractivity contribution >= 4 is 11.8 Å². The van der Waals surface area contributed by atoms with E-state index in [1.54, 1.807) is 29.1 Å². The van der Waals surface area contributed by atoms with E-state index in [0.717, 1.165) is 0 Å². The molecule has 0 radical (unpaired) electrons. The average molecular weight is 400 g/mol. The lowest BCUT2D eigenvalue weighted by Gasteiger charge is -2.19. The van der Waals surface area contributed by atoms with E-state index in [1.165, 1.54) is 23.9 Å². The van der Waals surface area contributed by atoms with Gasteiger partial charge in [-0.25, -0.2) is 19.0 Å². The summed E-state index contributed by atoms with van der Waals surface area (Å²) in [5.74, 6) is -1.17. The fourth-order valence-electron chi connectivity index (χ4n) is 3.81. The topological polar surface area (TPSA) is 71.2 Å². The van der Waals surface area contributed by atoms with Gasteiger partial charge in [-0.3, -0.25) is 9.48 Å². The summed E-state index contributed by atoms with van der Waals surface area (Å²) in [4.78, 5) is 22.1. The summed E-state index contributed by atoms with van der Waals surface area (Å²) in [7, 11) is 0. The second-order valence-corrected chi connectivity index (χ2v) is 7.46. The van der Waals surface area contributed by atoms with E-state index in [9.17, 15) is 9.18 Å². The zero-order chi connectivity index (χ0) is 19.3. The van der Waals surface area contributed by atoms with Crippen molar-refractivity contribution in [1.29, 1.82) is 0 Å². The predicted molar refractivity (Wildman–Crippen MR) is 102 cm³/mol.